The van der Waals surface area contributed by atoms with Crippen LogP contribution in [0.25, 0.3) is 0 Å². The van der Waals surface area contributed by atoms with Crippen LogP contribution in [0.1, 0.15) is 25.0 Å². The van der Waals surface area contributed by atoms with Crippen LogP contribution in [-0.4, -0.2) is 34.5 Å². The molecule has 0 amide bonds. The molecular weight excluding hydrogens is 326 g/mol. The van der Waals surface area contributed by atoms with Crippen LogP contribution in [0.5, 0.6) is 11.5 Å². The van der Waals surface area contributed by atoms with Gasteiger partial charge in [0, 0.05) is 18.0 Å². The Balaban J connectivity index is 0.00000288. The minimum absolute atomic E-state index is 0. The number of rotatable bonds is 7. The zero-order chi connectivity index (χ0) is 16.9. The van der Waals surface area contributed by atoms with Gasteiger partial charge < -0.3 is 20.6 Å². The highest BCUT2D eigenvalue weighted by Gasteiger charge is 2.31. The zero-order valence-electron chi connectivity index (χ0n) is 14.1. The van der Waals surface area contributed by atoms with E-state index >= 15 is 0 Å². The van der Waals surface area contributed by atoms with E-state index in [1.54, 1.807) is 24.3 Å². The molecule has 0 aliphatic rings. The van der Waals surface area contributed by atoms with Crippen LogP contribution in [0.3, 0.4) is 0 Å². The normalized spacial score (nSPS) is 12.5. The number of halogens is 1. The van der Waals surface area contributed by atoms with E-state index in [1.807, 2.05) is 24.3 Å². The third kappa shape index (κ3) is 5.13. The number of phenols is 2. The Morgan fingerprint density at radius 3 is 1.92 bits per heavy atom. The molecule has 24 heavy (non-hydrogen) atoms. The van der Waals surface area contributed by atoms with Crippen LogP contribution < -0.4 is 5.32 Å². The van der Waals surface area contributed by atoms with Crippen molar-refractivity contribution < 1.29 is 15.3 Å². The topological polar surface area (TPSA) is 72.7 Å². The van der Waals surface area contributed by atoms with Crippen LogP contribution in [0, 0.1) is 0 Å². The minimum atomic E-state index is -0.194. The molecule has 0 aliphatic carbocycles. The summed E-state index contributed by atoms with van der Waals surface area (Å²) < 4.78 is 0. The van der Waals surface area contributed by atoms with Crippen molar-refractivity contribution in [2.24, 2.45) is 0 Å². The fraction of sp³-hybridized carbons (Fsp3) is 0.368. The molecule has 132 valence electrons. The third-order valence-electron chi connectivity index (χ3n) is 4.36. The summed E-state index contributed by atoms with van der Waals surface area (Å²) in [5.41, 5.74) is 2.04. The molecule has 4 nitrogen and oxygen atoms in total. The highest BCUT2D eigenvalue weighted by atomic mass is 35.5. The van der Waals surface area contributed by atoms with E-state index in [9.17, 15) is 10.2 Å². The maximum Gasteiger partial charge on any atom is 0.115 e. The molecule has 4 N–H and O–H groups in total. The zero-order valence-corrected chi connectivity index (χ0v) is 14.9. The number of aliphatic hydroxyl groups excluding tert-OH is 1. The van der Waals surface area contributed by atoms with E-state index in [-0.39, 0.29) is 42.0 Å². The van der Waals surface area contributed by atoms with Crippen molar-refractivity contribution in [1.29, 1.82) is 0 Å². The Morgan fingerprint density at radius 2 is 1.42 bits per heavy atom. The summed E-state index contributed by atoms with van der Waals surface area (Å²) >= 11 is 0. The number of hydrogen-bond donors (Lipinski definition) is 4. The maximum absolute atomic E-state index is 9.49. The number of nitrogens with one attached hydrogen (secondary N) is 1. The van der Waals surface area contributed by atoms with Gasteiger partial charge in [0.25, 0.3) is 0 Å². The molecule has 2 rings (SSSR count). The molecule has 5 heteroatoms. The van der Waals surface area contributed by atoms with Gasteiger partial charge in [0.15, 0.2) is 0 Å². The van der Waals surface area contributed by atoms with Crippen LogP contribution in [-0.2, 0) is 11.8 Å². The minimum Gasteiger partial charge on any atom is -0.508 e. The predicted octanol–water partition coefficient (Wildman–Crippen LogP) is 2.99. The van der Waals surface area contributed by atoms with E-state index in [1.165, 1.54) is 0 Å². The molecule has 2 aromatic carbocycles. The first-order valence-corrected chi connectivity index (χ1v) is 7.85. The van der Waals surface area contributed by atoms with Crippen LogP contribution >= 0.6 is 12.4 Å². The van der Waals surface area contributed by atoms with Gasteiger partial charge in [0.05, 0.1) is 6.61 Å². The fourth-order valence-electron chi connectivity index (χ4n) is 2.78. The average molecular weight is 352 g/mol. The summed E-state index contributed by atoms with van der Waals surface area (Å²) in [7, 11) is 0. The van der Waals surface area contributed by atoms with Crippen molar-refractivity contribution >= 4 is 12.4 Å². The summed E-state index contributed by atoms with van der Waals surface area (Å²) in [6.07, 6.45) is 0.772. The van der Waals surface area contributed by atoms with Crippen molar-refractivity contribution in [2.75, 3.05) is 13.2 Å². The summed E-state index contributed by atoms with van der Waals surface area (Å²) in [5.74, 6) is 0.509. The molecule has 0 bridgehead atoms. The highest BCUT2D eigenvalue weighted by molar-refractivity contribution is 5.85. The van der Waals surface area contributed by atoms with Gasteiger partial charge in [-0.1, -0.05) is 38.1 Å². The van der Waals surface area contributed by atoms with Crippen LogP contribution in [0.15, 0.2) is 48.5 Å². The smallest absolute Gasteiger partial charge is 0.115 e. The van der Waals surface area contributed by atoms with Gasteiger partial charge in [-0.3, -0.25) is 0 Å². The van der Waals surface area contributed by atoms with Gasteiger partial charge in [-0.05, 0) is 41.8 Å². The molecule has 0 heterocycles. The fourth-order valence-corrected chi connectivity index (χ4v) is 2.78. The second kappa shape index (κ2) is 8.92. The Kier molecular flexibility index (Phi) is 7.55. The van der Waals surface area contributed by atoms with Crippen molar-refractivity contribution in [2.45, 2.75) is 31.7 Å². The first-order valence-electron chi connectivity index (χ1n) is 7.85. The molecule has 2 aromatic rings. The lowest BCUT2D eigenvalue weighted by molar-refractivity contribution is 0.261. The first kappa shape index (κ1) is 20.3. The lowest BCUT2D eigenvalue weighted by atomic mass is 9.75. The predicted molar refractivity (Wildman–Crippen MR) is 99.1 cm³/mol. The number of aliphatic hydroxyl groups is 1. The molecule has 0 aliphatic heterocycles. The van der Waals surface area contributed by atoms with Crippen molar-refractivity contribution in [3.8, 4) is 11.5 Å². The van der Waals surface area contributed by atoms with Crippen LogP contribution in [0.2, 0.25) is 0 Å². The summed E-state index contributed by atoms with van der Waals surface area (Å²) in [4.78, 5) is 0. The average Bonchev–Trinajstić information content (AvgIpc) is 2.53. The van der Waals surface area contributed by atoms with Gasteiger partial charge >= 0.3 is 0 Å². The molecule has 1 atom stereocenters. The second-order valence-electron chi connectivity index (χ2n) is 6.37. The van der Waals surface area contributed by atoms with Crippen molar-refractivity contribution in [1.82, 2.24) is 5.32 Å². The SMILES string of the molecule is CC(C)(c1ccc(O)cc1)C(Cc1ccc(O)cc1)NCCO.Cl. The molecule has 0 fully saturated rings. The number of phenolic OH excluding ortho intramolecular Hbond substituents is 2. The number of hydrogen-bond acceptors (Lipinski definition) is 4. The Hall–Kier alpha value is -1.75. The van der Waals surface area contributed by atoms with Gasteiger partial charge in [-0.25, -0.2) is 0 Å². The number of aromatic hydroxyl groups is 2. The molecule has 0 aromatic heterocycles. The van der Waals surface area contributed by atoms with Crippen LogP contribution in [0.4, 0.5) is 0 Å². The lowest BCUT2D eigenvalue weighted by Crippen LogP contribution is -2.47. The standard InChI is InChI=1S/C19H25NO3.ClH/c1-19(2,15-5-9-17(23)10-6-15)18(20-11-12-21)13-14-3-7-16(22)8-4-14;/h3-10,18,20-23H,11-13H2,1-2H3;1H. The molecule has 0 spiro atoms. The molecule has 1 unspecified atom stereocenters. The highest BCUT2D eigenvalue weighted by Crippen LogP contribution is 2.30. The van der Waals surface area contributed by atoms with E-state index < -0.39 is 0 Å². The molecule has 0 radical (unpaired) electrons. The largest absolute Gasteiger partial charge is 0.508 e. The van der Waals surface area contributed by atoms with Crippen molar-refractivity contribution in [3.05, 3.63) is 59.7 Å². The maximum atomic E-state index is 9.49. The van der Waals surface area contributed by atoms with E-state index in [0.717, 1.165) is 17.5 Å². The Labute approximate surface area is 149 Å². The van der Waals surface area contributed by atoms with Gasteiger partial charge in [0.1, 0.15) is 11.5 Å². The summed E-state index contributed by atoms with van der Waals surface area (Å²) in [6, 6.07) is 14.5. The van der Waals surface area contributed by atoms with Gasteiger partial charge in [-0.15, -0.1) is 12.4 Å². The van der Waals surface area contributed by atoms with Gasteiger partial charge in [0.2, 0.25) is 0 Å². The first-order chi connectivity index (χ1) is 10.9. The molecule has 0 saturated heterocycles. The lowest BCUT2D eigenvalue weighted by Gasteiger charge is -2.36. The second-order valence-corrected chi connectivity index (χ2v) is 6.37. The summed E-state index contributed by atoms with van der Waals surface area (Å²) in [5, 5.41) is 31.5. The van der Waals surface area contributed by atoms with E-state index in [4.69, 9.17) is 5.11 Å². The Bertz CT molecular complexity index is 612. The van der Waals surface area contributed by atoms with Crippen molar-refractivity contribution in [3.63, 3.8) is 0 Å². The monoisotopic (exact) mass is 351 g/mol. The summed E-state index contributed by atoms with van der Waals surface area (Å²) in [6.45, 7) is 4.89. The third-order valence-corrected chi connectivity index (χ3v) is 4.36. The number of benzene rings is 2. The molecule has 0 saturated carbocycles. The Morgan fingerprint density at radius 1 is 0.917 bits per heavy atom. The van der Waals surface area contributed by atoms with Gasteiger partial charge in [-0.2, -0.15) is 0 Å². The molecular formula is C19H26ClNO3. The van der Waals surface area contributed by atoms with E-state index in [2.05, 4.69) is 19.2 Å². The van der Waals surface area contributed by atoms with E-state index in [0.29, 0.717) is 6.54 Å². The quantitative estimate of drug-likeness (QED) is 0.619.